The lowest BCUT2D eigenvalue weighted by Crippen LogP contribution is -2.46. The largest absolute Gasteiger partial charge is 0.312 e. The Morgan fingerprint density at radius 1 is 1.40 bits per heavy atom. The number of aryl methyl sites for hydroxylation is 2. The highest BCUT2D eigenvalue weighted by Crippen LogP contribution is 2.25. The Bertz CT molecular complexity index is 461. The summed E-state index contributed by atoms with van der Waals surface area (Å²) in [5, 5.41) is 8.86. The average molecular weight is 299 g/mol. The molecule has 114 valence electrons. The molecule has 0 aromatic carbocycles. The molecule has 0 spiro atoms. The molecule has 1 aromatic heterocycles. The minimum atomic E-state index is 0.274. The van der Waals surface area contributed by atoms with E-state index in [4.69, 9.17) is 11.6 Å². The predicted octanol–water partition coefficient (Wildman–Crippen LogP) is 2.59. The van der Waals surface area contributed by atoms with E-state index in [1.54, 1.807) is 4.68 Å². The molecule has 0 bridgehead atoms. The minimum absolute atomic E-state index is 0.274. The van der Waals surface area contributed by atoms with Crippen LogP contribution in [0.1, 0.15) is 38.4 Å². The first-order valence-corrected chi connectivity index (χ1v) is 7.80. The van der Waals surface area contributed by atoms with Crippen LogP contribution < -0.4 is 5.32 Å². The Balaban J connectivity index is 2.11. The van der Waals surface area contributed by atoms with Crippen molar-refractivity contribution in [3.63, 3.8) is 0 Å². The van der Waals surface area contributed by atoms with Gasteiger partial charge in [-0.1, -0.05) is 32.4 Å². The molecule has 1 aromatic rings. The van der Waals surface area contributed by atoms with Crippen LogP contribution in [-0.4, -0.2) is 40.4 Å². The van der Waals surface area contributed by atoms with Gasteiger partial charge < -0.3 is 5.32 Å². The molecule has 0 saturated carbocycles. The van der Waals surface area contributed by atoms with E-state index in [1.807, 2.05) is 14.0 Å². The fourth-order valence-electron chi connectivity index (χ4n) is 2.79. The summed E-state index contributed by atoms with van der Waals surface area (Å²) in [5.41, 5.74) is 2.49. The van der Waals surface area contributed by atoms with Crippen LogP contribution in [0, 0.1) is 12.3 Å². The van der Waals surface area contributed by atoms with Gasteiger partial charge in [0.15, 0.2) is 0 Å². The Kier molecular flexibility index (Phi) is 4.77. The second-order valence-corrected chi connectivity index (χ2v) is 7.30. The molecule has 1 unspecified atom stereocenters. The normalized spacial score (nSPS) is 22.0. The summed E-state index contributed by atoms with van der Waals surface area (Å²) in [4.78, 5) is 2.51. The van der Waals surface area contributed by atoms with Crippen molar-refractivity contribution in [1.29, 1.82) is 0 Å². The fourth-order valence-corrected chi connectivity index (χ4v) is 3.03. The summed E-state index contributed by atoms with van der Waals surface area (Å²) < 4.78 is 1.77. The zero-order valence-electron chi connectivity index (χ0n) is 13.3. The van der Waals surface area contributed by atoms with Gasteiger partial charge in [0.1, 0.15) is 5.15 Å². The van der Waals surface area contributed by atoms with Crippen molar-refractivity contribution in [1.82, 2.24) is 20.0 Å². The molecule has 0 radical (unpaired) electrons. The standard InChI is InChI=1S/C15H27ClN4/c1-11-12(14(16)19(5)18-11)9-20-8-6-7-17-13(10-20)15(2,3)4/h13,17H,6-10H2,1-5H3. The van der Waals surface area contributed by atoms with Gasteiger partial charge in [-0.2, -0.15) is 5.10 Å². The number of halogens is 1. The SMILES string of the molecule is Cc1nn(C)c(Cl)c1CN1CCCNC(C(C)(C)C)C1. The first-order chi connectivity index (χ1) is 9.29. The molecular formula is C15H27ClN4. The van der Waals surface area contributed by atoms with Crippen molar-refractivity contribution < 1.29 is 0 Å². The van der Waals surface area contributed by atoms with E-state index in [2.05, 4.69) is 36.1 Å². The summed E-state index contributed by atoms with van der Waals surface area (Å²) in [6, 6.07) is 0.515. The first kappa shape index (κ1) is 15.8. The maximum absolute atomic E-state index is 6.36. The Morgan fingerprint density at radius 2 is 2.10 bits per heavy atom. The van der Waals surface area contributed by atoms with Crippen molar-refractivity contribution in [2.75, 3.05) is 19.6 Å². The third-order valence-electron chi connectivity index (χ3n) is 4.18. The van der Waals surface area contributed by atoms with E-state index in [-0.39, 0.29) is 5.41 Å². The summed E-state index contributed by atoms with van der Waals surface area (Å²) in [6.45, 7) is 13.1. The number of hydrogen-bond acceptors (Lipinski definition) is 3. The summed E-state index contributed by atoms with van der Waals surface area (Å²) >= 11 is 6.36. The molecule has 2 rings (SSSR count). The smallest absolute Gasteiger partial charge is 0.131 e. The number of aromatic nitrogens is 2. The number of nitrogens with zero attached hydrogens (tertiary/aromatic N) is 3. The molecule has 1 saturated heterocycles. The van der Waals surface area contributed by atoms with Crippen LogP contribution in [0.4, 0.5) is 0 Å². The zero-order chi connectivity index (χ0) is 14.9. The van der Waals surface area contributed by atoms with Gasteiger partial charge in [0.25, 0.3) is 0 Å². The van der Waals surface area contributed by atoms with E-state index in [1.165, 1.54) is 12.0 Å². The lowest BCUT2D eigenvalue weighted by Gasteiger charge is -2.33. The van der Waals surface area contributed by atoms with Crippen molar-refractivity contribution in [3.8, 4) is 0 Å². The van der Waals surface area contributed by atoms with Crippen LogP contribution >= 0.6 is 11.6 Å². The lowest BCUT2D eigenvalue weighted by atomic mass is 9.86. The van der Waals surface area contributed by atoms with Gasteiger partial charge >= 0.3 is 0 Å². The van der Waals surface area contributed by atoms with Crippen molar-refractivity contribution in [2.24, 2.45) is 12.5 Å². The second kappa shape index (κ2) is 6.04. The van der Waals surface area contributed by atoms with E-state index in [0.717, 1.165) is 37.0 Å². The topological polar surface area (TPSA) is 33.1 Å². The quantitative estimate of drug-likeness (QED) is 0.911. The van der Waals surface area contributed by atoms with E-state index >= 15 is 0 Å². The van der Waals surface area contributed by atoms with Crippen molar-refractivity contribution in [3.05, 3.63) is 16.4 Å². The molecule has 0 amide bonds. The summed E-state index contributed by atoms with van der Waals surface area (Å²) in [6.07, 6.45) is 1.18. The second-order valence-electron chi connectivity index (χ2n) is 6.94. The zero-order valence-corrected chi connectivity index (χ0v) is 14.1. The highest BCUT2D eigenvalue weighted by atomic mass is 35.5. The highest BCUT2D eigenvalue weighted by Gasteiger charge is 2.28. The van der Waals surface area contributed by atoms with Gasteiger partial charge in [-0.15, -0.1) is 0 Å². The number of rotatable bonds is 2. The molecule has 0 aliphatic carbocycles. The van der Waals surface area contributed by atoms with Gasteiger partial charge in [0, 0.05) is 31.7 Å². The van der Waals surface area contributed by atoms with Crippen LogP contribution in [0.25, 0.3) is 0 Å². The van der Waals surface area contributed by atoms with Crippen LogP contribution in [0.15, 0.2) is 0 Å². The molecule has 4 nitrogen and oxygen atoms in total. The van der Waals surface area contributed by atoms with Crippen molar-refractivity contribution >= 4 is 11.6 Å². The van der Waals surface area contributed by atoms with Crippen LogP contribution in [0.2, 0.25) is 5.15 Å². The maximum Gasteiger partial charge on any atom is 0.131 e. The average Bonchev–Trinajstić information content (AvgIpc) is 2.58. The van der Waals surface area contributed by atoms with Crippen LogP contribution in [-0.2, 0) is 13.6 Å². The molecular weight excluding hydrogens is 272 g/mol. The summed E-state index contributed by atoms with van der Waals surface area (Å²) in [5.74, 6) is 0. The molecule has 1 aliphatic heterocycles. The van der Waals surface area contributed by atoms with Gasteiger partial charge in [0.05, 0.1) is 5.69 Å². The molecule has 1 N–H and O–H groups in total. The third kappa shape index (κ3) is 3.54. The van der Waals surface area contributed by atoms with E-state index in [0.29, 0.717) is 6.04 Å². The molecule has 5 heteroatoms. The molecule has 1 atom stereocenters. The molecule has 1 fully saturated rings. The molecule has 2 heterocycles. The Labute approximate surface area is 127 Å². The maximum atomic E-state index is 6.36. The predicted molar refractivity (Wildman–Crippen MR) is 84.1 cm³/mol. The molecule has 1 aliphatic rings. The monoisotopic (exact) mass is 298 g/mol. The van der Waals surface area contributed by atoms with Crippen molar-refractivity contribution in [2.45, 2.75) is 46.7 Å². The van der Waals surface area contributed by atoms with Crippen LogP contribution in [0.5, 0.6) is 0 Å². The number of hydrogen-bond donors (Lipinski definition) is 1. The van der Waals surface area contributed by atoms with E-state index < -0.39 is 0 Å². The van der Waals surface area contributed by atoms with Gasteiger partial charge in [-0.05, 0) is 31.8 Å². The van der Waals surface area contributed by atoms with Crippen LogP contribution in [0.3, 0.4) is 0 Å². The van der Waals surface area contributed by atoms with Gasteiger partial charge in [0.2, 0.25) is 0 Å². The Morgan fingerprint density at radius 3 is 2.65 bits per heavy atom. The third-order valence-corrected chi connectivity index (χ3v) is 4.65. The Hall–Kier alpha value is -0.580. The number of nitrogens with one attached hydrogen (secondary N) is 1. The van der Waals surface area contributed by atoms with Gasteiger partial charge in [-0.3, -0.25) is 9.58 Å². The fraction of sp³-hybridized carbons (Fsp3) is 0.800. The summed E-state index contributed by atoms with van der Waals surface area (Å²) in [7, 11) is 1.90. The highest BCUT2D eigenvalue weighted by molar-refractivity contribution is 6.30. The van der Waals surface area contributed by atoms with E-state index in [9.17, 15) is 0 Å². The van der Waals surface area contributed by atoms with Gasteiger partial charge in [-0.25, -0.2) is 0 Å². The first-order valence-electron chi connectivity index (χ1n) is 7.42. The lowest BCUT2D eigenvalue weighted by molar-refractivity contribution is 0.192. The minimum Gasteiger partial charge on any atom is -0.312 e. The molecule has 20 heavy (non-hydrogen) atoms.